The highest BCUT2D eigenvalue weighted by atomic mass is 14.7. The van der Waals surface area contributed by atoms with Gasteiger partial charge in [-0.05, 0) is 23.6 Å². The molecule has 0 atom stereocenters. The first kappa shape index (κ1) is 9.66. The van der Waals surface area contributed by atoms with Crippen LogP contribution >= 0.6 is 0 Å². The van der Waals surface area contributed by atoms with Gasteiger partial charge >= 0.3 is 0 Å². The number of hydrogen-bond acceptors (Lipinski definition) is 1. The molecule has 0 unspecified atom stereocenters. The monoisotopic (exact) mass is 195 g/mol. The first-order chi connectivity index (χ1) is 7.45. The number of hydrogen-bond donors (Lipinski definition) is 0. The summed E-state index contributed by atoms with van der Waals surface area (Å²) in [5.41, 5.74) is 2.54. The van der Waals surface area contributed by atoms with Gasteiger partial charge in [0.15, 0.2) is 0 Å². The Bertz CT molecular complexity index is 422. The van der Waals surface area contributed by atoms with E-state index in [0.717, 1.165) is 6.42 Å². The van der Waals surface area contributed by atoms with Crippen molar-refractivity contribution in [3.63, 3.8) is 0 Å². The number of aliphatic imine (C=N–C) groups is 1. The molecule has 1 heterocycles. The van der Waals surface area contributed by atoms with E-state index in [4.69, 9.17) is 0 Å². The predicted octanol–water partition coefficient (Wildman–Crippen LogP) is 3.31. The van der Waals surface area contributed by atoms with Crippen LogP contribution in [0.15, 0.2) is 71.4 Å². The van der Waals surface area contributed by atoms with Gasteiger partial charge in [-0.15, -0.1) is 0 Å². The van der Waals surface area contributed by atoms with Crippen molar-refractivity contribution in [3.8, 4) is 0 Å². The molecule has 1 aromatic carbocycles. The predicted molar refractivity (Wildman–Crippen MR) is 65.0 cm³/mol. The zero-order valence-corrected chi connectivity index (χ0v) is 8.51. The van der Waals surface area contributed by atoms with Crippen LogP contribution in [0.1, 0.15) is 5.56 Å². The minimum absolute atomic E-state index is 0.933. The van der Waals surface area contributed by atoms with Gasteiger partial charge in [0.05, 0.1) is 0 Å². The van der Waals surface area contributed by atoms with Crippen LogP contribution in [0.4, 0.5) is 0 Å². The van der Waals surface area contributed by atoms with Crippen molar-refractivity contribution >= 4 is 6.21 Å². The first-order valence-corrected chi connectivity index (χ1v) is 5.04. The van der Waals surface area contributed by atoms with Gasteiger partial charge in [-0.2, -0.15) is 0 Å². The van der Waals surface area contributed by atoms with Gasteiger partial charge in [-0.1, -0.05) is 48.6 Å². The maximum absolute atomic E-state index is 4.18. The molecule has 0 aromatic heterocycles. The molecule has 1 aliphatic heterocycles. The second-order valence-electron chi connectivity index (χ2n) is 3.41. The standard InChI is InChI=1S/C14H13N/c1-3-7-13(8-4-1)11-14-9-5-2-6-10-15-12-14/h1-10,12H,11H2. The molecule has 0 aliphatic carbocycles. The van der Waals surface area contributed by atoms with E-state index in [1.165, 1.54) is 11.1 Å². The van der Waals surface area contributed by atoms with E-state index in [2.05, 4.69) is 35.3 Å². The average molecular weight is 195 g/mol. The summed E-state index contributed by atoms with van der Waals surface area (Å²) >= 11 is 0. The lowest BCUT2D eigenvalue weighted by Crippen LogP contribution is -1.91. The fourth-order valence-electron chi connectivity index (χ4n) is 1.46. The summed E-state index contributed by atoms with van der Waals surface area (Å²) in [4.78, 5) is 4.18. The summed E-state index contributed by atoms with van der Waals surface area (Å²) in [5, 5.41) is 0. The highest BCUT2D eigenvalue weighted by molar-refractivity contribution is 5.80. The molecule has 1 heteroatoms. The van der Waals surface area contributed by atoms with E-state index in [0.29, 0.717) is 0 Å². The fourth-order valence-corrected chi connectivity index (χ4v) is 1.46. The van der Waals surface area contributed by atoms with Gasteiger partial charge in [0.25, 0.3) is 0 Å². The highest BCUT2D eigenvalue weighted by Crippen LogP contribution is 2.07. The topological polar surface area (TPSA) is 12.4 Å². The van der Waals surface area contributed by atoms with Crippen LogP contribution in [-0.4, -0.2) is 6.21 Å². The quantitative estimate of drug-likeness (QED) is 0.686. The highest BCUT2D eigenvalue weighted by Gasteiger charge is 1.95. The Labute approximate surface area is 90.2 Å². The molecular formula is C14H13N. The zero-order valence-electron chi connectivity index (χ0n) is 8.51. The van der Waals surface area contributed by atoms with E-state index in [1.54, 1.807) is 6.20 Å². The number of nitrogens with zero attached hydrogens (tertiary/aromatic N) is 1. The molecule has 0 spiro atoms. The van der Waals surface area contributed by atoms with Crippen molar-refractivity contribution in [2.75, 3.05) is 0 Å². The summed E-state index contributed by atoms with van der Waals surface area (Å²) in [6.45, 7) is 0. The number of allylic oxidation sites excluding steroid dienone is 5. The van der Waals surface area contributed by atoms with Crippen molar-refractivity contribution in [1.29, 1.82) is 0 Å². The summed E-state index contributed by atoms with van der Waals surface area (Å²) < 4.78 is 0. The smallest absolute Gasteiger partial charge is 0.0303 e. The Morgan fingerprint density at radius 2 is 1.80 bits per heavy atom. The molecule has 0 saturated heterocycles. The molecule has 0 bridgehead atoms. The molecule has 74 valence electrons. The molecular weight excluding hydrogens is 182 g/mol. The Balaban J connectivity index is 2.12. The van der Waals surface area contributed by atoms with Gasteiger partial charge in [-0.3, -0.25) is 4.99 Å². The third kappa shape index (κ3) is 3.06. The van der Waals surface area contributed by atoms with Crippen LogP contribution in [0.25, 0.3) is 0 Å². The average Bonchev–Trinajstić information content (AvgIpc) is 2.23. The van der Waals surface area contributed by atoms with Crippen LogP contribution in [0.2, 0.25) is 0 Å². The van der Waals surface area contributed by atoms with Gasteiger partial charge < -0.3 is 0 Å². The summed E-state index contributed by atoms with van der Waals surface area (Å²) in [5.74, 6) is 0. The van der Waals surface area contributed by atoms with Gasteiger partial charge in [0.1, 0.15) is 0 Å². The minimum Gasteiger partial charge on any atom is -0.264 e. The van der Waals surface area contributed by atoms with Crippen molar-refractivity contribution < 1.29 is 0 Å². The van der Waals surface area contributed by atoms with Crippen molar-refractivity contribution in [2.24, 2.45) is 4.99 Å². The molecule has 2 rings (SSSR count). The summed E-state index contributed by atoms with van der Waals surface area (Å²) in [6.07, 6.45) is 12.7. The molecule has 1 nitrogen and oxygen atoms in total. The maximum Gasteiger partial charge on any atom is 0.0303 e. The first-order valence-electron chi connectivity index (χ1n) is 5.04. The van der Waals surface area contributed by atoms with Crippen LogP contribution < -0.4 is 0 Å². The molecule has 0 radical (unpaired) electrons. The van der Waals surface area contributed by atoms with E-state index in [1.807, 2.05) is 30.5 Å². The molecule has 0 fully saturated rings. The SMILES string of the molecule is C1=CC=C(Cc2ccccc2)C=NC=C1. The molecule has 1 aromatic rings. The Morgan fingerprint density at radius 1 is 0.933 bits per heavy atom. The maximum atomic E-state index is 4.18. The Hall–Kier alpha value is -1.89. The minimum atomic E-state index is 0.933. The lowest BCUT2D eigenvalue weighted by molar-refractivity contribution is 1.22. The second-order valence-corrected chi connectivity index (χ2v) is 3.41. The second kappa shape index (κ2) is 5.11. The van der Waals surface area contributed by atoms with Crippen molar-refractivity contribution in [2.45, 2.75) is 6.42 Å². The fraction of sp³-hybridized carbons (Fsp3) is 0.0714. The third-order valence-corrected chi connectivity index (χ3v) is 2.20. The van der Waals surface area contributed by atoms with Crippen LogP contribution in [0.3, 0.4) is 0 Å². The summed E-state index contributed by atoms with van der Waals surface area (Å²) in [7, 11) is 0. The van der Waals surface area contributed by atoms with Gasteiger partial charge in [0, 0.05) is 12.4 Å². The largest absolute Gasteiger partial charge is 0.264 e. The molecule has 0 saturated carbocycles. The number of benzene rings is 1. The zero-order chi connectivity index (χ0) is 10.3. The summed E-state index contributed by atoms with van der Waals surface area (Å²) in [6, 6.07) is 10.4. The van der Waals surface area contributed by atoms with Crippen LogP contribution in [0, 0.1) is 0 Å². The number of rotatable bonds is 2. The molecule has 15 heavy (non-hydrogen) atoms. The molecule has 0 N–H and O–H groups in total. The van der Waals surface area contributed by atoms with E-state index < -0.39 is 0 Å². The lowest BCUT2D eigenvalue weighted by atomic mass is 10.1. The Kier molecular flexibility index (Phi) is 3.29. The normalized spacial score (nSPS) is 14.5. The van der Waals surface area contributed by atoms with Crippen LogP contribution in [-0.2, 0) is 6.42 Å². The van der Waals surface area contributed by atoms with Gasteiger partial charge in [0.2, 0.25) is 0 Å². The Morgan fingerprint density at radius 3 is 2.67 bits per heavy atom. The lowest BCUT2D eigenvalue weighted by Gasteiger charge is -2.01. The van der Waals surface area contributed by atoms with Crippen molar-refractivity contribution in [3.05, 3.63) is 72.0 Å². The third-order valence-electron chi connectivity index (χ3n) is 2.20. The van der Waals surface area contributed by atoms with E-state index in [9.17, 15) is 0 Å². The van der Waals surface area contributed by atoms with Crippen LogP contribution in [0.5, 0.6) is 0 Å². The molecule has 0 amide bonds. The van der Waals surface area contributed by atoms with Crippen molar-refractivity contribution in [1.82, 2.24) is 0 Å². The van der Waals surface area contributed by atoms with E-state index in [-0.39, 0.29) is 0 Å². The van der Waals surface area contributed by atoms with Gasteiger partial charge in [-0.25, -0.2) is 0 Å². The molecule has 1 aliphatic rings. The van der Waals surface area contributed by atoms with E-state index >= 15 is 0 Å².